The number of aromatic nitrogens is 3. The second-order valence-electron chi connectivity index (χ2n) is 5.97. The molecule has 6 nitrogen and oxygen atoms in total. The van der Waals surface area contributed by atoms with Gasteiger partial charge in [0.15, 0.2) is 5.82 Å². The Hall–Kier alpha value is -2.11. The molecule has 22 heavy (non-hydrogen) atoms. The minimum Gasteiger partial charge on any atom is -0.478 e. The van der Waals surface area contributed by atoms with Gasteiger partial charge < -0.3 is 10.4 Å². The Bertz CT molecular complexity index is 674. The summed E-state index contributed by atoms with van der Waals surface area (Å²) in [6.45, 7) is 2.85. The Labute approximate surface area is 129 Å². The number of carboxylic acids is 1. The zero-order chi connectivity index (χ0) is 15.5. The first-order valence-corrected chi connectivity index (χ1v) is 8.03. The average molecular weight is 302 g/mol. The molecule has 0 radical (unpaired) electrons. The van der Waals surface area contributed by atoms with Crippen molar-refractivity contribution in [1.82, 2.24) is 14.6 Å². The van der Waals surface area contributed by atoms with Crippen molar-refractivity contribution in [3.8, 4) is 0 Å². The van der Waals surface area contributed by atoms with Crippen molar-refractivity contribution in [1.29, 1.82) is 0 Å². The molecular formula is C16H22N4O2. The summed E-state index contributed by atoms with van der Waals surface area (Å²) in [4.78, 5) is 15.7. The maximum absolute atomic E-state index is 11.4. The number of hydrogen-bond acceptors (Lipinski definition) is 4. The summed E-state index contributed by atoms with van der Waals surface area (Å²) in [5.74, 6) is 0.508. The van der Waals surface area contributed by atoms with Crippen molar-refractivity contribution >= 4 is 17.3 Å². The Kier molecular flexibility index (Phi) is 4.27. The Morgan fingerprint density at radius 2 is 2.18 bits per heavy atom. The van der Waals surface area contributed by atoms with Crippen LogP contribution in [0.15, 0.2) is 12.5 Å². The van der Waals surface area contributed by atoms with Gasteiger partial charge in [0.05, 0.1) is 5.56 Å². The molecule has 0 aromatic carbocycles. The molecule has 1 aliphatic carbocycles. The number of aryl methyl sites for hydroxylation is 1. The number of carboxylic acid groups (broad SMARTS) is 1. The van der Waals surface area contributed by atoms with E-state index in [4.69, 9.17) is 0 Å². The van der Waals surface area contributed by atoms with E-state index in [1.807, 2.05) is 6.92 Å². The number of carbonyl (C=O) groups is 1. The predicted molar refractivity (Wildman–Crippen MR) is 84.4 cm³/mol. The molecule has 1 aliphatic rings. The second-order valence-corrected chi connectivity index (χ2v) is 5.97. The number of nitrogens with one attached hydrogen (secondary N) is 1. The summed E-state index contributed by atoms with van der Waals surface area (Å²) in [7, 11) is 0. The third kappa shape index (κ3) is 2.77. The summed E-state index contributed by atoms with van der Waals surface area (Å²) in [6.07, 6.45) is 10.2. The summed E-state index contributed by atoms with van der Waals surface area (Å²) in [5, 5.41) is 16.9. The van der Waals surface area contributed by atoms with Gasteiger partial charge in [-0.2, -0.15) is 5.10 Å². The van der Waals surface area contributed by atoms with E-state index in [0.29, 0.717) is 17.9 Å². The number of rotatable bonds is 5. The van der Waals surface area contributed by atoms with Gasteiger partial charge in [-0.25, -0.2) is 14.3 Å². The maximum atomic E-state index is 11.4. The fraction of sp³-hybridized carbons (Fsp3) is 0.562. The van der Waals surface area contributed by atoms with Gasteiger partial charge in [-0.15, -0.1) is 0 Å². The van der Waals surface area contributed by atoms with Gasteiger partial charge in [-0.05, 0) is 30.7 Å². The summed E-state index contributed by atoms with van der Waals surface area (Å²) >= 11 is 0. The van der Waals surface area contributed by atoms with Gasteiger partial charge in [0.1, 0.15) is 11.8 Å². The standard InChI is InChI=1S/C16H22N4O2/c1-2-12-13(16(21)22)9-20-14(12)15(18-10-19-20)17-8-11-6-4-3-5-7-11/h9-11H,2-8H2,1H3,(H,21,22)(H,17,18,19). The average Bonchev–Trinajstić information content (AvgIpc) is 2.93. The van der Waals surface area contributed by atoms with Gasteiger partial charge in [0, 0.05) is 12.7 Å². The summed E-state index contributed by atoms with van der Waals surface area (Å²) < 4.78 is 1.62. The van der Waals surface area contributed by atoms with Crippen LogP contribution in [0, 0.1) is 5.92 Å². The Morgan fingerprint density at radius 3 is 2.86 bits per heavy atom. The Balaban J connectivity index is 1.90. The lowest BCUT2D eigenvalue weighted by Crippen LogP contribution is -2.18. The zero-order valence-electron chi connectivity index (χ0n) is 12.9. The maximum Gasteiger partial charge on any atom is 0.337 e. The molecule has 1 saturated carbocycles. The van der Waals surface area contributed by atoms with E-state index >= 15 is 0 Å². The number of anilines is 1. The monoisotopic (exact) mass is 302 g/mol. The second kappa shape index (κ2) is 6.34. The molecule has 2 aromatic heterocycles. The molecule has 0 atom stereocenters. The van der Waals surface area contributed by atoms with Crippen LogP contribution in [0.3, 0.4) is 0 Å². The third-order valence-corrected chi connectivity index (χ3v) is 4.55. The SMILES string of the molecule is CCc1c(C(=O)O)cn2ncnc(NCC3CCCCC3)c12. The highest BCUT2D eigenvalue weighted by molar-refractivity contribution is 5.94. The molecular weight excluding hydrogens is 280 g/mol. The smallest absolute Gasteiger partial charge is 0.337 e. The van der Waals surface area contributed by atoms with Crippen LogP contribution < -0.4 is 5.32 Å². The molecule has 6 heteroatoms. The van der Waals surface area contributed by atoms with E-state index in [1.54, 1.807) is 10.7 Å². The van der Waals surface area contributed by atoms with Crippen LogP contribution in [0.2, 0.25) is 0 Å². The van der Waals surface area contributed by atoms with Gasteiger partial charge in [-0.1, -0.05) is 26.2 Å². The lowest BCUT2D eigenvalue weighted by Gasteiger charge is -2.22. The molecule has 1 fully saturated rings. The van der Waals surface area contributed by atoms with Crippen LogP contribution in [-0.2, 0) is 6.42 Å². The van der Waals surface area contributed by atoms with Crippen molar-refractivity contribution < 1.29 is 9.90 Å². The molecule has 2 N–H and O–H groups in total. The first-order valence-electron chi connectivity index (χ1n) is 8.03. The van der Waals surface area contributed by atoms with Gasteiger partial charge in [0.2, 0.25) is 0 Å². The Morgan fingerprint density at radius 1 is 1.41 bits per heavy atom. The molecule has 2 aromatic rings. The molecule has 3 rings (SSSR count). The highest BCUT2D eigenvalue weighted by Crippen LogP contribution is 2.27. The normalized spacial score (nSPS) is 16.0. The van der Waals surface area contributed by atoms with Crippen LogP contribution in [0.1, 0.15) is 54.9 Å². The highest BCUT2D eigenvalue weighted by atomic mass is 16.4. The minimum absolute atomic E-state index is 0.309. The van der Waals surface area contributed by atoms with Crippen molar-refractivity contribution in [2.24, 2.45) is 5.92 Å². The molecule has 0 bridgehead atoms. The zero-order valence-corrected chi connectivity index (χ0v) is 12.9. The largest absolute Gasteiger partial charge is 0.478 e. The molecule has 0 amide bonds. The van der Waals surface area contributed by atoms with Crippen molar-refractivity contribution in [3.63, 3.8) is 0 Å². The number of fused-ring (bicyclic) bond motifs is 1. The fourth-order valence-corrected chi connectivity index (χ4v) is 3.38. The highest BCUT2D eigenvalue weighted by Gasteiger charge is 2.20. The molecule has 2 heterocycles. The van der Waals surface area contributed by atoms with Crippen LogP contribution in [-0.4, -0.2) is 32.2 Å². The van der Waals surface area contributed by atoms with Gasteiger partial charge >= 0.3 is 5.97 Å². The van der Waals surface area contributed by atoms with Gasteiger partial charge in [-0.3, -0.25) is 0 Å². The molecule has 0 saturated heterocycles. The van der Waals surface area contributed by atoms with Crippen LogP contribution in [0.25, 0.3) is 5.52 Å². The van der Waals surface area contributed by atoms with Crippen LogP contribution >= 0.6 is 0 Å². The number of aromatic carboxylic acids is 1. The van der Waals surface area contributed by atoms with E-state index in [2.05, 4.69) is 15.4 Å². The van der Waals surface area contributed by atoms with E-state index in [1.165, 1.54) is 38.4 Å². The van der Waals surface area contributed by atoms with E-state index in [9.17, 15) is 9.90 Å². The van der Waals surface area contributed by atoms with E-state index in [-0.39, 0.29) is 0 Å². The van der Waals surface area contributed by atoms with Gasteiger partial charge in [0.25, 0.3) is 0 Å². The first-order chi connectivity index (χ1) is 10.7. The van der Waals surface area contributed by atoms with Crippen molar-refractivity contribution in [2.45, 2.75) is 45.4 Å². The topological polar surface area (TPSA) is 79.5 Å². The summed E-state index contributed by atoms with van der Waals surface area (Å²) in [5.41, 5.74) is 1.89. The van der Waals surface area contributed by atoms with E-state index < -0.39 is 5.97 Å². The van der Waals surface area contributed by atoms with Crippen LogP contribution in [0.4, 0.5) is 5.82 Å². The minimum atomic E-state index is -0.916. The van der Waals surface area contributed by atoms with Crippen LogP contribution in [0.5, 0.6) is 0 Å². The number of hydrogen-bond donors (Lipinski definition) is 2. The summed E-state index contributed by atoms with van der Waals surface area (Å²) in [6, 6.07) is 0. The fourth-order valence-electron chi connectivity index (χ4n) is 3.38. The lowest BCUT2D eigenvalue weighted by atomic mass is 9.89. The van der Waals surface area contributed by atoms with Crippen molar-refractivity contribution in [2.75, 3.05) is 11.9 Å². The first kappa shape index (κ1) is 14.8. The van der Waals surface area contributed by atoms with E-state index in [0.717, 1.165) is 23.4 Å². The molecule has 118 valence electrons. The van der Waals surface area contributed by atoms with Crippen molar-refractivity contribution in [3.05, 3.63) is 23.7 Å². The number of nitrogens with zero attached hydrogens (tertiary/aromatic N) is 3. The molecule has 0 unspecified atom stereocenters. The quantitative estimate of drug-likeness (QED) is 0.887. The lowest BCUT2D eigenvalue weighted by molar-refractivity contribution is 0.0696. The molecule has 0 spiro atoms. The predicted octanol–water partition coefficient (Wildman–Crippen LogP) is 2.98. The molecule has 0 aliphatic heterocycles. The third-order valence-electron chi connectivity index (χ3n) is 4.55.